The Labute approximate surface area is 362 Å². The molecule has 296 valence electrons. The monoisotopic (exact) mass is 808 g/mol. The van der Waals surface area contributed by atoms with Crippen molar-refractivity contribution in [3.8, 4) is 51.0 Å². The number of rotatable bonds is 6. The lowest BCUT2D eigenvalue weighted by atomic mass is 9.90. The molecule has 0 amide bonds. The lowest BCUT2D eigenvalue weighted by molar-refractivity contribution is 0.667. The number of allylic oxidation sites excluding steroid dienone is 1. The number of aromatic nitrogens is 4. The Morgan fingerprint density at radius 3 is 1.73 bits per heavy atom. The van der Waals surface area contributed by atoms with Crippen LogP contribution in [0.15, 0.2) is 197 Å². The van der Waals surface area contributed by atoms with Gasteiger partial charge in [-0.15, -0.1) is 0 Å². The van der Waals surface area contributed by atoms with Crippen molar-refractivity contribution in [2.75, 3.05) is 0 Å². The highest BCUT2D eigenvalue weighted by Crippen LogP contribution is 2.44. The highest BCUT2D eigenvalue weighted by Gasteiger charge is 2.25. The fourth-order valence-corrected chi connectivity index (χ4v) is 9.74. The molecule has 0 saturated heterocycles. The van der Waals surface area contributed by atoms with Gasteiger partial charge in [0.2, 0.25) is 0 Å². The first-order valence-corrected chi connectivity index (χ1v) is 21.4. The second-order valence-corrected chi connectivity index (χ2v) is 16.2. The lowest BCUT2D eigenvalue weighted by Crippen LogP contribution is -2.03. The van der Waals surface area contributed by atoms with Gasteiger partial charge in [0.25, 0.3) is 0 Å². The van der Waals surface area contributed by atoms with Crippen molar-refractivity contribution in [1.29, 1.82) is 0 Å². The highest BCUT2D eigenvalue weighted by atomic mass is 16.3. The molecule has 1 aliphatic carbocycles. The summed E-state index contributed by atoms with van der Waals surface area (Å²) >= 11 is 0. The standard InChI is InChI=1S/C57H36N4O2/c1-3-14-35(15-4-1)36-28-30-37(31-29-36)55-58-56(45-22-12-26-50-52(45)43-19-8-10-25-49(43)62-50)60-57(59-55)46-23-13-27-51-53(46)44-21-11-20-40(54(44)63-51)38-32-33-42-41-18-7-9-24-47(41)61(48(42)34-38)39-16-5-2-6-17-39/h1-31,34H,32-33H2. The van der Waals surface area contributed by atoms with Crippen LogP contribution < -0.4 is 0 Å². The van der Waals surface area contributed by atoms with E-state index in [1.165, 1.54) is 27.7 Å². The highest BCUT2D eigenvalue weighted by molar-refractivity contribution is 6.15. The van der Waals surface area contributed by atoms with Crippen molar-refractivity contribution < 1.29 is 8.83 Å². The van der Waals surface area contributed by atoms with E-state index in [1.807, 2.05) is 48.5 Å². The molecule has 13 rings (SSSR count). The molecule has 0 saturated carbocycles. The van der Waals surface area contributed by atoms with E-state index in [2.05, 4.69) is 150 Å². The Hall–Kier alpha value is -8.35. The molecule has 0 fully saturated rings. The van der Waals surface area contributed by atoms with Crippen molar-refractivity contribution >= 4 is 66.4 Å². The topological polar surface area (TPSA) is 69.9 Å². The minimum atomic E-state index is 0.569. The van der Waals surface area contributed by atoms with Gasteiger partial charge in [0, 0.05) is 54.9 Å². The Morgan fingerprint density at radius 1 is 0.397 bits per heavy atom. The maximum Gasteiger partial charge on any atom is 0.164 e. The molecule has 4 aromatic heterocycles. The fourth-order valence-electron chi connectivity index (χ4n) is 9.74. The third kappa shape index (κ3) is 5.69. The largest absolute Gasteiger partial charge is 0.456 e. The summed E-state index contributed by atoms with van der Waals surface area (Å²) in [5, 5.41) is 5.29. The van der Waals surface area contributed by atoms with Crippen LogP contribution in [-0.4, -0.2) is 19.5 Å². The molecule has 12 aromatic rings. The van der Waals surface area contributed by atoms with Crippen molar-refractivity contribution in [2.45, 2.75) is 12.8 Å². The van der Waals surface area contributed by atoms with Gasteiger partial charge in [-0.1, -0.05) is 152 Å². The van der Waals surface area contributed by atoms with Gasteiger partial charge in [-0.05, 0) is 77.6 Å². The molecule has 0 aliphatic heterocycles. The van der Waals surface area contributed by atoms with Crippen LogP contribution in [-0.2, 0) is 6.42 Å². The van der Waals surface area contributed by atoms with Gasteiger partial charge in [-0.25, -0.2) is 15.0 Å². The van der Waals surface area contributed by atoms with Crippen LogP contribution in [0.2, 0.25) is 0 Å². The molecule has 1 aliphatic rings. The molecular weight excluding hydrogens is 773 g/mol. The van der Waals surface area contributed by atoms with Crippen molar-refractivity contribution in [2.24, 2.45) is 0 Å². The summed E-state index contributed by atoms with van der Waals surface area (Å²) in [7, 11) is 0. The quantitative estimate of drug-likeness (QED) is 0.167. The van der Waals surface area contributed by atoms with Gasteiger partial charge in [-0.2, -0.15) is 0 Å². The van der Waals surface area contributed by atoms with Gasteiger partial charge in [0.15, 0.2) is 17.5 Å². The summed E-state index contributed by atoms with van der Waals surface area (Å²) in [5.41, 5.74) is 15.5. The zero-order chi connectivity index (χ0) is 41.4. The summed E-state index contributed by atoms with van der Waals surface area (Å²) < 4.78 is 15.6. The molecule has 0 radical (unpaired) electrons. The first-order chi connectivity index (χ1) is 31.2. The van der Waals surface area contributed by atoms with E-state index in [4.69, 9.17) is 23.8 Å². The number of para-hydroxylation sites is 4. The molecule has 0 atom stereocenters. The van der Waals surface area contributed by atoms with E-state index in [-0.39, 0.29) is 0 Å². The molecule has 0 N–H and O–H groups in total. The average molecular weight is 809 g/mol. The van der Waals surface area contributed by atoms with Gasteiger partial charge in [0.05, 0.1) is 11.2 Å². The summed E-state index contributed by atoms with van der Waals surface area (Å²) in [6.07, 6.45) is 4.21. The Balaban J connectivity index is 1.00. The van der Waals surface area contributed by atoms with Crippen molar-refractivity contribution in [1.82, 2.24) is 19.5 Å². The molecule has 0 bridgehead atoms. The SMILES string of the molecule is C1=C(c2cccc3c2oc2cccc(-c4nc(-c5ccc(-c6ccccc6)cc5)nc(-c5cccc6oc7ccccc7c56)n4)c23)CCc2c1n(-c1ccccc1)c1ccccc21. The van der Waals surface area contributed by atoms with Gasteiger partial charge < -0.3 is 13.4 Å². The summed E-state index contributed by atoms with van der Waals surface area (Å²) in [6.45, 7) is 0. The lowest BCUT2D eigenvalue weighted by Gasteiger charge is -2.17. The van der Waals surface area contributed by atoms with Crippen LogP contribution in [0.4, 0.5) is 0 Å². The van der Waals surface area contributed by atoms with Crippen LogP contribution in [0.5, 0.6) is 0 Å². The number of fused-ring (bicyclic) bond motifs is 9. The first kappa shape index (κ1) is 35.4. The van der Waals surface area contributed by atoms with Gasteiger partial charge in [-0.3, -0.25) is 0 Å². The van der Waals surface area contributed by atoms with E-state index in [9.17, 15) is 0 Å². The third-order valence-electron chi connectivity index (χ3n) is 12.6. The maximum absolute atomic E-state index is 6.91. The molecule has 4 heterocycles. The molecule has 0 unspecified atom stereocenters. The molecular formula is C57H36N4O2. The van der Waals surface area contributed by atoms with Crippen LogP contribution in [0, 0.1) is 0 Å². The Kier molecular flexibility index (Phi) is 7.93. The van der Waals surface area contributed by atoms with Crippen LogP contribution in [0.1, 0.15) is 23.2 Å². The van der Waals surface area contributed by atoms with Crippen LogP contribution in [0.3, 0.4) is 0 Å². The fraction of sp³-hybridized carbons (Fsp3) is 0.0351. The molecule has 0 spiro atoms. The number of aryl methyl sites for hydroxylation is 1. The smallest absolute Gasteiger partial charge is 0.164 e. The minimum Gasteiger partial charge on any atom is -0.456 e. The van der Waals surface area contributed by atoms with Gasteiger partial charge in [0.1, 0.15) is 22.3 Å². The predicted molar refractivity (Wildman–Crippen MR) is 256 cm³/mol. The zero-order valence-electron chi connectivity index (χ0n) is 34.0. The molecule has 6 nitrogen and oxygen atoms in total. The van der Waals surface area contributed by atoms with E-state index in [0.717, 1.165) is 95.8 Å². The molecule has 6 heteroatoms. The predicted octanol–water partition coefficient (Wildman–Crippen LogP) is 14.8. The molecule has 63 heavy (non-hydrogen) atoms. The zero-order valence-corrected chi connectivity index (χ0v) is 34.0. The summed E-state index contributed by atoms with van der Waals surface area (Å²) in [5.74, 6) is 1.73. The first-order valence-electron chi connectivity index (χ1n) is 21.4. The van der Waals surface area contributed by atoms with Crippen molar-refractivity contribution in [3.05, 3.63) is 205 Å². The van der Waals surface area contributed by atoms with Crippen LogP contribution in [0.25, 0.3) is 117 Å². The third-order valence-corrected chi connectivity index (χ3v) is 12.6. The molecule has 8 aromatic carbocycles. The van der Waals surface area contributed by atoms with Crippen molar-refractivity contribution in [3.63, 3.8) is 0 Å². The minimum absolute atomic E-state index is 0.569. The van der Waals surface area contributed by atoms with Crippen LogP contribution >= 0.6 is 0 Å². The summed E-state index contributed by atoms with van der Waals surface area (Å²) in [4.78, 5) is 15.8. The maximum atomic E-state index is 6.91. The van der Waals surface area contributed by atoms with E-state index in [0.29, 0.717) is 17.5 Å². The number of hydrogen-bond donors (Lipinski definition) is 0. The summed E-state index contributed by atoms with van der Waals surface area (Å²) in [6, 6.07) is 65.2. The van der Waals surface area contributed by atoms with Gasteiger partial charge >= 0.3 is 0 Å². The second-order valence-electron chi connectivity index (χ2n) is 16.2. The average Bonchev–Trinajstić information content (AvgIpc) is 4.04. The Morgan fingerprint density at radius 2 is 0.952 bits per heavy atom. The Bertz CT molecular complexity index is 3780. The van der Waals surface area contributed by atoms with E-state index < -0.39 is 0 Å². The van der Waals surface area contributed by atoms with E-state index >= 15 is 0 Å². The number of hydrogen-bond acceptors (Lipinski definition) is 5. The number of benzene rings is 8. The number of furan rings is 2. The normalized spacial score (nSPS) is 12.7. The second kappa shape index (κ2) is 14.1. The van der Waals surface area contributed by atoms with E-state index in [1.54, 1.807) is 0 Å². The number of nitrogens with zero attached hydrogens (tertiary/aromatic N) is 4.